The Balaban J connectivity index is 1.63. The molecule has 0 heterocycles. The lowest BCUT2D eigenvalue weighted by Gasteiger charge is -2.08. The summed E-state index contributed by atoms with van der Waals surface area (Å²) in [5.41, 5.74) is 5.39. The van der Waals surface area contributed by atoms with E-state index in [0.29, 0.717) is 16.4 Å². The largest absolute Gasteiger partial charge is 0.322 e. The molecule has 2 N–H and O–H groups in total. The number of hydrogen-bond donors (Lipinski definition) is 2. The van der Waals surface area contributed by atoms with Crippen LogP contribution in [0.15, 0.2) is 77.9 Å². The zero-order chi connectivity index (χ0) is 21.5. The van der Waals surface area contributed by atoms with Gasteiger partial charge in [-0.2, -0.15) is 5.10 Å². The van der Waals surface area contributed by atoms with Crippen molar-refractivity contribution in [1.29, 1.82) is 0 Å². The summed E-state index contributed by atoms with van der Waals surface area (Å²) in [4.78, 5) is 24.4. The second-order valence-corrected chi connectivity index (χ2v) is 7.02. The molecule has 3 rings (SSSR count). The predicted molar refractivity (Wildman–Crippen MR) is 116 cm³/mol. The lowest BCUT2D eigenvalue weighted by molar-refractivity contribution is -0.120. The first-order valence-electron chi connectivity index (χ1n) is 9.15. The second kappa shape index (κ2) is 9.80. The molecule has 7 heteroatoms. The molecule has 0 fully saturated rings. The number of nitrogens with zero attached hydrogens (tertiary/aromatic N) is 1. The molecule has 0 radical (unpaired) electrons. The summed E-state index contributed by atoms with van der Waals surface area (Å²) in [5, 5.41) is 7.46. The normalized spacial score (nSPS) is 11.1. The van der Waals surface area contributed by atoms with Crippen LogP contribution in [0.3, 0.4) is 0 Å². The molecule has 0 aromatic heterocycles. The van der Waals surface area contributed by atoms with Gasteiger partial charge in [0.25, 0.3) is 5.91 Å². The van der Waals surface area contributed by atoms with Crippen molar-refractivity contribution in [2.75, 3.05) is 5.32 Å². The van der Waals surface area contributed by atoms with Gasteiger partial charge < -0.3 is 5.32 Å². The molecule has 0 saturated heterocycles. The fourth-order valence-corrected chi connectivity index (χ4v) is 2.82. The SMILES string of the molecule is CC(=NNC(=O)Cc1ccc(Cl)cc1)c1cccc(NC(=O)c2cccc(F)c2)c1. The van der Waals surface area contributed by atoms with E-state index in [1.54, 1.807) is 49.4 Å². The molecule has 0 aliphatic carbocycles. The van der Waals surface area contributed by atoms with Crippen molar-refractivity contribution in [2.24, 2.45) is 5.10 Å². The molecular formula is C23H19ClFN3O2. The summed E-state index contributed by atoms with van der Waals surface area (Å²) in [6.07, 6.45) is 0.178. The van der Waals surface area contributed by atoms with E-state index in [2.05, 4.69) is 15.8 Å². The average molecular weight is 424 g/mol. The van der Waals surface area contributed by atoms with Crippen LogP contribution in [0.5, 0.6) is 0 Å². The first-order valence-corrected chi connectivity index (χ1v) is 9.53. The van der Waals surface area contributed by atoms with Gasteiger partial charge in [-0.15, -0.1) is 0 Å². The highest BCUT2D eigenvalue weighted by Gasteiger charge is 2.08. The maximum absolute atomic E-state index is 13.3. The third-order valence-electron chi connectivity index (χ3n) is 4.25. The van der Waals surface area contributed by atoms with E-state index in [-0.39, 0.29) is 17.9 Å². The lowest BCUT2D eigenvalue weighted by Crippen LogP contribution is -2.21. The zero-order valence-corrected chi connectivity index (χ0v) is 16.9. The molecule has 0 aliphatic rings. The van der Waals surface area contributed by atoms with Crippen LogP contribution in [0.4, 0.5) is 10.1 Å². The topological polar surface area (TPSA) is 70.6 Å². The molecule has 0 atom stereocenters. The van der Waals surface area contributed by atoms with E-state index in [1.807, 2.05) is 6.07 Å². The molecule has 2 amide bonds. The van der Waals surface area contributed by atoms with Crippen LogP contribution >= 0.6 is 11.6 Å². The van der Waals surface area contributed by atoms with Gasteiger partial charge in [-0.1, -0.05) is 41.9 Å². The summed E-state index contributed by atoms with van der Waals surface area (Å²) in [7, 11) is 0. The Hall–Kier alpha value is -3.51. The third kappa shape index (κ3) is 5.99. The van der Waals surface area contributed by atoms with E-state index in [4.69, 9.17) is 11.6 Å². The molecule has 5 nitrogen and oxygen atoms in total. The van der Waals surface area contributed by atoms with Gasteiger partial charge in [0, 0.05) is 16.3 Å². The predicted octanol–water partition coefficient (Wildman–Crippen LogP) is 4.81. The van der Waals surface area contributed by atoms with E-state index in [1.165, 1.54) is 24.3 Å². The summed E-state index contributed by atoms with van der Waals surface area (Å²) in [6.45, 7) is 1.75. The van der Waals surface area contributed by atoms with Crippen molar-refractivity contribution >= 4 is 34.8 Å². The van der Waals surface area contributed by atoms with E-state index >= 15 is 0 Å². The van der Waals surface area contributed by atoms with Gasteiger partial charge in [0.2, 0.25) is 5.91 Å². The van der Waals surface area contributed by atoms with Gasteiger partial charge in [-0.25, -0.2) is 9.82 Å². The number of benzene rings is 3. The van der Waals surface area contributed by atoms with Crippen molar-refractivity contribution in [3.8, 4) is 0 Å². The maximum atomic E-state index is 13.3. The summed E-state index contributed by atoms with van der Waals surface area (Å²) >= 11 is 5.84. The maximum Gasteiger partial charge on any atom is 0.255 e. The third-order valence-corrected chi connectivity index (χ3v) is 4.50. The molecule has 0 aliphatic heterocycles. The van der Waals surface area contributed by atoms with E-state index in [0.717, 1.165) is 11.1 Å². The molecule has 152 valence electrons. The van der Waals surface area contributed by atoms with Gasteiger partial charge >= 0.3 is 0 Å². The molecular weight excluding hydrogens is 405 g/mol. The minimum Gasteiger partial charge on any atom is -0.322 e. The smallest absolute Gasteiger partial charge is 0.255 e. The average Bonchev–Trinajstić information content (AvgIpc) is 2.74. The molecule has 0 spiro atoms. The van der Waals surface area contributed by atoms with Crippen molar-refractivity contribution in [3.05, 3.63) is 100 Å². The number of rotatable bonds is 6. The quantitative estimate of drug-likeness (QED) is 0.441. The lowest BCUT2D eigenvalue weighted by atomic mass is 10.1. The molecule has 0 bridgehead atoms. The molecule has 0 saturated carbocycles. The zero-order valence-electron chi connectivity index (χ0n) is 16.2. The van der Waals surface area contributed by atoms with Crippen LogP contribution in [0, 0.1) is 5.82 Å². The van der Waals surface area contributed by atoms with Crippen LogP contribution in [0.1, 0.15) is 28.4 Å². The number of hydrogen-bond acceptors (Lipinski definition) is 3. The number of carbonyl (C=O) groups excluding carboxylic acids is 2. The van der Waals surface area contributed by atoms with E-state index < -0.39 is 11.7 Å². The fourth-order valence-electron chi connectivity index (χ4n) is 2.69. The first-order chi connectivity index (χ1) is 14.4. The Morgan fingerprint density at radius 3 is 2.40 bits per heavy atom. The monoisotopic (exact) mass is 423 g/mol. The standard InChI is InChI=1S/C23H19ClFN3O2/c1-15(27-28-22(29)12-16-8-10-19(24)11-9-16)17-4-3-7-21(14-17)26-23(30)18-5-2-6-20(25)13-18/h2-11,13-14H,12H2,1H3,(H,26,30)(H,28,29). The van der Waals surface area contributed by atoms with Gasteiger partial charge in [0.05, 0.1) is 12.1 Å². The van der Waals surface area contributed by atoms with Crippen LogP contribution in [0.25, 0.3) is 0 Å². The minimum atomic E-state index is -0.478. The highest BCUT2D eigenvalue weighted by molar-refractivity contribution is 6.30. The van der Waals surface area contributed by atoms with Gasteiger partial charge in [-0.3, -0.25) is 9.59 Å². The highest BCUT2D eigenvalue weighted by Crippen LogP contribution is 2.14. The highest BCUT2D eigenvalue weighted by atomic mass is 35.5. The summed E-state index contributed by atoms with van der Waals surface area (Å²) < 4.78 is 13.3. The van der Waals surface area contributed by atoms with Crippen molar-refractivity contribution in [1.82, 2.24) is 5.43 Å². The fraction of sp³-hybridized carbons (Fsp3) is 0.0870. The number of amides is 2. The molecule has 0 unspecified atom stereocenters. The summed E-state index contributed by atoms with van der Waals surface area (Å²) in [5.74, 6) is -1.15. The molecule has 3 aromatic carbocycles. The first kappa shape index (κ1) is 21.2. The summed E-state index contributed by atoms with van der Waals surface area (Å²) in [6, 6.07) is 19.5. The Bertz CT molecular complexity index is 1100. The Kier molecular flexibility index (Phi) is 6.93. The van der Waals surface area contributed by atoms with Gasteiger partial charge in [-0.05, 0) is 60.5 Å². The van der Waals surface area contributed by atoms with Crippen LogP contribution in [0.2, 0.25) is 5.02 Å². The van der Waals surface area contributed by atoms with Crippen LogP contribution in [-0.2, 0) is 11.2 Å². The van der Waals surface area contributed by atoms with Crippen molar-refractivity contribution < 1.29 is 14.0 Å². The number of anilines is 1. The Labute approximate surface area is 178 Å². The molecule has 30 heavy (non-hydrogen) atoms. The number of carbonyl (C=O) groups is 2. The van der Waals surface area contributed by atoms with Crippen LogP contribution < -0.4 is 10.7 Å². The van der Waals surface area contributed by atoms with Crippen molar-refractivity contribution in [3.63, 3.8) is 0 Å². The minimum absolute atomic E-state index is 0.178. The van der Waals surface area contributed by atoms with Gasteiger partial charge in [0.1, 0.15) is 5.82 Å². The van der Waals surface area contributed by atoms with Crippen molar-refractivity contribution in [2.45, 2.75) is 13.3 Å². The van der Waals surface area contributed by atoms with Crippen LogP contribution in [-0.4, -0.2) is 17.5 Å². The second-order valence-electron chi connectivity index (χ2n) is 6.58. The van der Waals surface area contributed by atoms with E-state index in [9.17, 15) is 14.0 Å². The Morgan fingerprint density at radius 1 is 0.967 bits per heavy atom. The number of halogens is 2. The van der Waals surface area contributed by atoms with Gasteiger partial charge in [0.15, 0.2) is 0 Å². The number of hydrazone groups is 1. The Morgan fingerprint density at radius 2 is 1.67 bits per heavy atom. The molecule has 3 aromatic rings. The number of nitrogens with one attached hydrogen (secondary N) is 2.